The molecule has 1 atom stereocenters. The number of hydrogen-bond donors (Lipinski definition) is 0. The molecule has 0 unspecified atom stereocenters. The third kappa shape index (κ3) is 3.42. The van der Waals surface area contributed by atoms with Gasteiger partial charge in [0.2, 0.25) is 11.5 Å². The number of benzene rings is 2. The molecule has 0 aliphatic carbocycles. The Hall–Kier alpha value is -4.27. The second-order valence-electron chi connectivity index (χ2n) is 8.19. The maximum absolute atomic E-state index is 13.9. The lowest BCUT2D eigenvalue weighted by atomic mass is 9.97. The zero-order valence-electron chi connectivity index (χ0n) is 20.0. The van der Waals surface area contributed by atoms with Gasteiger partial charge in [0.25, 0.3) is 5.91 Å². The fourth-order valence-electron chi connectivity index (χ4n) is 4.52. The standard InChI is InChI=1S/C26H24N2O7/c1-6-14-7-8-17-16(10-14)23(29)21-22(15-11-18(31-3)24(33-5)19(12-15)32-4)28(26(30)25(21)34-17)20-9-13(2)35-27-20/h7-12,22H,6H2,1-5H3/t22-/m1/s1. The van der Waals surface area contributed by atoms with Crippen LogP contribution in [0.3, 0.4) is 0 Å². The van der Waals surface area contributed by atoms with E-state index in [4.69, 9.17) is 23.2 Å². The Morgan fingerprint density at radius 1 is 1.00 bits per heavy atom. The van der Waals surface area contributed by atoms with E-state index in [1.165, 1.54) is 26.2 Å². The molecule has 0 spiro atoms. The molecule has 2 aromatic heterocycles. The Morgan fingerprint density at radius 2 is 1.71 bits per heavy atom. The maximum atomic E-state index is 13.9. The minimum absolute atomic E-state index is 0.0360. The summed E-state index contributed by atoms with van der Waals surface area (Å²) in [7, 11) is 4.51. The van der Waals surface area contributed by atoms with Gasteiger partial charge < -0.3 is 23.2 Å². The van der Waals surface area contributed by atoms with Gasteiger partial charge in [-0.25, -0.2) is 0 Å². The van der Waals surface area contributed by atoms with Gasteiger partial charge in [-0.3, -0.25) is 14.5 Å². The van der Waals surface area contributed by atoms with Gasteiger partial charge in [0, 0.05) is 6.07 Å². The van der Waals surface area contributed by atoms with Gasteiger partial charge in [-0.2, -0.15) is 0 Å². The Kier molecular flexibility index (Phi) is 5.47. The van der Waals surface area contributed by atoms with E-state index in [9.17, 15) is 9.59 Å². The number of aryl methyl sites for hydroxylation is 2. The highest BCUT2D eigenvalue weighted by atomic mass is 16.5. The van der Waals surface area contributed by atoms with Crippen molar-refractivity contribution in [1.82, 2.24) is 5.16 Å². The first kappa shape index (κ1) is 22.5. The third-order valence-electron chi connectivity index (χ3n) is 6.21. The molecule has 0 N–H and O–H groups in total. The van der Waals surface area contributed by atoms with Crippen LogP contribution in [0.25, 0.3) is 11.0 Å². The molecule has 9 nitrogen and oxygen atoms in total. The van der Waals surface area contributed by atoms with Crippen molar-refractivity contribution >= 4 is 22.7 Å². The largest absolute Gasteiger partial charge is 0.493 e. The molecule has 1 aliphatic rings. The van der Waals surface area contributed by atoms with Crippen molar-refractivity contribution in [2.75, 3.05) is 26.2 Å². The Labute approximate surface area is 200 Å². The summed E-state index contributed by atoms with van der Waals surface area (Å²) >= 11 is 0. The second-order valence-corrected chi connectivity index (χ2v) is 8.19. The van der Waals surface area contributed by atoms with Crippen molar-refractivity contribution in [3.63, 3.8) is 0 Å². The smallest absolute Gasteiger partial charge is 0.296 e. The minimum atomic E-state index is -0.860. The van der Waals surface area contributed by atoms with Gasteiger partial charge in [-0.05, 0) is 48.7 Å². The summed E-state index contributed by atoms with van der Waals surface area (Å²) in [6.45, 7) is 3.73. The summed E-state index contributed by atoms with van der Waals surface area (Å²) in [5.41, 5.74) is 1.83. The molecule has 1 aliphatic heterocycles. The summed E-state index contributed by atoms with van der Waals surface area (Å²) in [6, 6.07) is 9.60. The number of fused-ring (bicyclic) bond motifs is 2. The predicted octanol–water partition coefficient (Wildman–Crippen LogP) is 4.43. The third-order valence-corrected chi connectivity index (χ3v) is 6.21. The first-order chi connectivity index (χ1) is 16.9. The highest BCUT2D eigenvalue weighted by Gasteiger charge is 2.45. The molecular formula is C26H24N2O7. The summed E-state index contributed by atoms with van der Waals surface area (Å²) < 4.78 is 27.8. The number of rotatable bonds is 6. The molecule has 3 heterocycles. The summed E-state index contributed by atoms with van der Waals surface area (Å²) in [5, 5.41) is 4.46. The lowest BCUT2D eigenvalue weighted by Gasteiger charge is -2.24. The van der Waals surface area contributed by atoms with E-state index in [2.05, 4.69) is 5.16 Å². The summed E-state index contributed by atoms with van der Waals surface area (Å²) in [4.78, 5) is 28.9. The Morgan fingerprint density at radius 3 is 2.29 bits per heavy atom. The van der Waals surface area contributed by atoms with Gasteiger partial charge in [0.15, 0.2) is 22.7 Å². The van der Waals surface area contributed by atoms with Crippen LogP contribution in [0.2, 0.25) is 0 Å². The molecule has 0 saturated carbocycles. The van der Waals surface area contributed by atoms with E-state index >= 15 is 0 Å². The van der Waals surface area contributed by atoms with Crippen molar-refractivity contribution in [2.45, 2.75) is 26.3 Å². The van der Waals surface area contributed by atoms with Crippen LogP contribution in [0.15, 0.2) is 50.1 Å². The van der Waals surface area contributed by atoms with Crippen molar-refractivity contribution in [3.8, 4) is 17.2 Å². The highest BCUT2D eigenvalue weighted by molar-refractivity contribution is 6.10. The van der Waals surface area contributed by atoms with Crippen molar-refractivity contribution in [3.05, 3.63) is 74.8 Å². The Bertz CT molecular complexity index is 1490. The van der Waals surface area contributed by atoms with E-state index in [0.29, 0.717) is 39.5 Å². The van der Waals surface area contributed by atoms with Crippen LogP contribution in [-0.2, 0) is 6.42 Å². The van der Waals surface area contributed by atoms with Crippen LogP contribution in [0.4, 0.5) is 5.82 Å². The summed E-state index contributed by atoms with van der Waals surface area (Å²) in [5.74, 6) is 1.41. The number of aromatic nitrogens is 1. The fourth-order valence-corrected chi connectivity index (χ4v) is 4.52. The summed E-state index contributed by atoms with van der Waals surface area (Å²) in [6.07, 6.45) is 0.756. The van der Waals surface area contributed by atoms with Gasteiger partial charge in [-0.1, -0.05) is 18.1 Å². The predicted molar refractivity (Wildman–Crippen MR) is 128 cm³/mol. The van der Waals surface area contributed by atoms with Gasteiger partial charge in [0.05, 0.1) is 38.3 Å². The molecule has 35 heavy (non-hydrogen) atoms. The van der Waals surface area contributed by atoms with Crippen molar-refractivity contribution in [1.29, 1.82) is 0 Å². The molecule has 0 radical (unpaired) electrons. The van der Waals surface area contributed by atoms with Gasteiger partial charge in [-0.15, -0.1) is 0 Å². The number of carbonyl (C=O) groups excluding carboxylic acids is 1. The first-order valence-corrected chi connectivity index (χ1v) is 11.1. The normalized spacial score (nSPS) is 14.9. The van der Waals surface area contributed by atoms with E-state index < -0.39 is 11.9 Å². The van der Waals surface area contributed by atoms with Crippen molar-refractivity contribution < 1.29 is 27.9 Å². The SMILES string of the molecule is CCc1ccc2oc3c(c(=O)c2c1)[C@@H](c1cc(OC)c(OC)c(OC)c1)N(c1cc(C)on1)C3=O. The minimum Gasteiger partial charge on any atom is -0.493 e. The average Bonchev–Trinajstić information content (AvgIpc) is 3.43. The lowest BCUT2D eigenvalue weighted by molar-refractivity contribution is 0.0969. The molecule has 4 aromatic rings. The molecular weight excluding hydrogens is 452 g/mol. The first-order valence-electron chi connectivity index (χ1n) is 11.1. The molecule has 180 valence electrons. The van der Waals surface area contributed by atoms with Crippen LogP contribution in [-0.4, -0.2) is 32.4 Å². The number of ether oxygens (including phenoxy) is 3. The topological polar surface area (TPSA) is 104 Å². The van der Waals surface area contributed by atoms with E-state index in [1.807, 2.05) is 13.0 Å². The monoisotopic (exact) mass is 476 g/mol. The van der Waals surface area contributed by atoms with Crippen LogP contribution in [0.1, 0.15) is 46.0 Å². The number of anilines is 1. The number of hydrogen-bond acceptors (Lipinski definition) is 8. The number of methoxy groups -OCH3 is 3. The van der Waals surface area contributed by atoms with Crippen LogP contribution < -0.4 is 24.5 Å². The van der Waals surface area contributed by atoms with Crippen LogP contribution >= 0.6 is 0 Å². The molecule has 0 saturated heterocycles. The molecule has 0 fully saturated rings. The van der Waals surface area contributed by atoms with E-state index in [0.717, 1.165) is 12.0 Å². The zero-order valence-corrected chi connectivity index (χ0v) is 20.0. The van der Waals surface area contributed by atoms with Crippen LogP contribution in [0, 0.1) is 6.92 Å². The van der Waals surface area contributed by atoms with Gasteiger partial charge >= 0.3 is 0 Å². The molecule has 2 aromatic carbocycles. The molecule has 9 heteroatoms. The quantitative estimate of drug-likeness (QED) is 0.403. The average molecular weight is 476 g/mol. The number of amides is 1. The van der Waals surface area contributed by atoms with E-state index in [-0.39, 0.29) is 22.6 Å². The number of nitrogens with zero attached hydrogens (tertiary/aromatic N) is 2. The fraction of sp³-hybridized carbons (Fsp3) is 0.269. The molecule has 0 bridgehead atoms. The molecule has 1 amide bonds. The number of carbonyl (C=O) groups is 1. The van der Waals surface area contributed by atoms with Crippen LogP contribution in [0.5, 0.6) is 17.2 Å². The molecule has 5 rings (SSSR count). The van der Waals surface area contributed by atoms with Crippen molar-refractivity contribution in [2.24, 2.45) is 0 Å². The second kappa shape index (κ2) is 8.50. The zero-order chi connectivity index (χ0) is 24.9. The van der Waals surface area contributed by atoms with Gasteiger partial charge in [0.1, 0.15) is 11.3 Å². The Balaban J connectivity index is 1.83. The lowest BCUT2D eigenvalue weighted by Crippen LogP contribution is -2.29. The maximum Gasteiger partial charge on any atom is 0.296 e. The highest BCUT2D eigenvalue weighted by Crippen LogP contribution is 2.46. The van der Waals surface area contributed by atoms with E-state index in [1.54, 1.807) is 37.3 Å².